The third-order valence-corrected chi connectivity index (χ3v) is 3.92. The fourth-order valence-corrected chi connectivity index (χ4v) is 3.35. The predicted molar refractivity (Wildman–Crippen MR) is 68.8 cm³/mol. The zero-order valence-electron chi connectivity index (χ0n) is 8.82. The lowest BCUT2D eigenvalue weighted by molar-refractivity contribution is 1.47. The molecule has 0 unspecified atom stereocenters. The molecule has 76 valence electrons. The van der Waals surface area contributed by atoms with E-state index in [-0.39, 0.29) is 0 Å². The second-order valence-electron chi connectivity index (χ2n) is 3.88. The van der Waals surface area contributed by atoms with Crippen LogP contribution in [0, 0.1) is 18.3 Å². The van der Waals surface area contributed by atoms with Crippen LogP contribution in [-0.2, 0) is 0 Å². The van der Waals surface area contributed by atoms with E-state index in [2.05, 4.69) is 37.3 Å². The Morgan fingerprint density at radius 2 is 1.94 bits per heavy atom. The number of rotatable bonds is 0. The number of nitrogens with zero attached hydrogens (tertiary/aromatic N) is 1. The Morgan fingerprint density at radius 3 is 2.75 bits per heavy atom. The molecule has 0 saturated heterocycles. The first-order valence-electron chi connectivity index (χ1n) is 5.11. The van der Waals surface area contributed by atoms with Crippen molar-refractivity contribution in [2.24, 2.45) is 0 Å². The predicted octanol–water partition coefficient (Wildman–Crippen LogP) is 4.23. The lowest BCUT2D eigenvalue weighted by Crippen LogP contribution is -1.78. The van der Waals surface area contributed by atoms with Gasteiger partial charge >= 0.3 is 0 Å². The summed E-state index contributed by atoms with van der Waals surface area (Å²) >= 11 is 1.75. The van der Waals surface area contributed by atoms with E-state index >= 15 is 0 Å². The standard InChI is InChI=1S/C14H9NS/c1-9-6-10(8-15)7-13-14(9)11-4-2-3-5-12(11)16-13/h2-7H,1H3. The molecule has 0 aliphatic carbocycles. The molecule has 2 aromatic carbocycles. The van der Waals surface area contributed by atoms with E-state index in [4.69, 9.17) is 5.26 Å². The number of hydrogen-bond acceptors (Lipinski definition) is 2. The van der Waals surface area contributed by atoms with E-state index in [0.717, 1.165) is 5.56 Å². The van der Waals surface area contributed by atoms with E-state index in [1.54, 1.807) is 11.3 Å². The Bertz CT molecular complexity index is 731. The van der Waals surface area contributed by atoms with Crippen LogP contribution < -0.4 is 0 Å². The average molecular weight is 223 g/mol. The largest absolute Gasteiger partial charge is 0.192 e. The maximum absolute atomic E-state index is 8.95. The van der Waals surface area contributed by atoms with Crippen molar-refractivity contribution in [3.05, 3.63) is 47.5 Å². The average Bonchev–Trinajstić information content (AvgIpc) is 2.67. The van der Waals surface area contributed by atoms with Crippen molar-refractivity contribution >= 4 is 31.5 Å². The molecule has 0 fully saturated rings. The molecule has 0 N–H and O–H groups in total. The van der Waals surface area contributed by atoms with Crippen LogP contribution in [0.1, 0.15) is 11.1 Å². The van der Waals surface area contributed by atoms with Gasteiger partial charge in [0.1, 0.15) is 0 Å². The second kappa shape index (κ2) is 3.33. The first kappa shape index (κ1) is 9.38. The Kier molecular flexibility index (Phi) is 1.95. The summed E-state index contributed by atoms with van der Waals surface area (Å²) in [5.74, 6) is 0. The molecule has 0 amide bonds. The van der Waals surface area contributed by atoms with Gasteiger partial charge in [0.05, 0.1) is 11.6 Å². The molecule has 0 bridgehead atoms. The van der Waals surface area contributed by atoms with E-state index in [9.17, 15) is 0 Å². The first-order valence-corrected chi connectivity index (χ1v) is 5.93. The maximum atomic E-state index is 8.95. The van der Waals surface area contributed by atoms with Gasteiger partial charge in [-0.15, -0.1) is 11.3 Å². The van der Waals surface area contributed by atoms with Gasteiger partial charge in [-0.2, -0.15) is 5.26 Å². The number of hydrogen-bond donors (Lipinski definition) is 0. The molecule has 0 spiro atoms. The minimum absolute atomic E-state index is 0.747. The third kappa shape index (κ3) is 1.22. The highest BCUT2D eigenvalue weighted by atomic mass is 32.1. The quantitative estimate of drug-likeness (QED) is 0.559. The zero-order valence-corrected chi connectivity index (χ0v) is 9.64. The van der Waals surface area contributed by atoms with Crippen LogP contribution in [0.5, 0.6) is 0 Å². The lowest BCUT2D eigenvalue weighted by Gasteiger charge is -1.98. The van der Waals surface area contributed by atoms with Crippen LogP contribution in [0.3, 0.4) is 0 Å². The monoisotopic (exact) mass is 223 g/mol. The fraction of sp³-hybridized carbons (Fsp3) is 0.0714. The minimum atomic E-state index is 0.747. The van der Waals surface area contributed by atoms with Crippen molar-refractivity contribution in [3.8, 4) is 6.07 Å². The molecule has 0 aliphatic rings. The summed E-state index contributed by atoms with van der Waals surface area (Å²) < 4.78 is 2.49. The van der Waals surface area contributed by atoms with Crippen LogP contribution in [0.15, 0.2) is 36.4 Å². The summed E-state index contributed by atoms with van der Waals surface area (Å²) in [6.07, 6.45) is 0. The van der Waals surface area contributed by atoms with Crippen LogP contribution in [0.2, 0.25) is 0 Å². The number of nitriles is 1. The van der Waals surface area contributed by atoms with E-state index in [1.165, 1.54) is 25.7 Å². The van der Waals surface area contributed by atoms with E-state index < -0.39 is 0 Å². The number of fused-ring (bicyclic) bond motifs is 3. The zero-order chi connectivity index (χ0) is 11.1. The Balaban J connectivity index is 2.56. The second-order valence-corrected chi connectivity index (χ2v) is 4.96. The normalized spacial score (nSPS) is 10.8. The van der Waals surface area contributed by atoms with Crippen molar-refractivity contribution in [1.29, 1.82) is 5.26 Å². The van der Waals surface area contributed by atoms with Crippen LogP contribution in [0.4, 0.5) is 0 Å². The molecule has 0 atom stereocenters. The fourth-order valence-electron chi connectivity index (χ4n) is 2.13. The Labute approximate surface area is 97.6 Å². The third-order valence-electron chi connectivity index (χ3n) is 2.80. The summed E-state index contributed by atoms with van der Waals surface area (Å²) in [6, 6.07) is 14.5. The highest BCUT2D eigenvalue weighted by Gasteiger charge is 2.07. The van der Waals surface area contributed by atoms with Crippen molar-refractivity contribution in [2.75, 3.05) is 0 Å². The van der Waals surface area contributed by atoms with Crippen LogP contribution in [-0.4, -0.2) is 0 Å². The summed E-state index contributed by atoms with van der Waals surface area (Å²) in [4.78, 5) is 0. The summed E-state index contributed by atoms with van der Waals surface area (Å²) in [6.45, 7) is 2.07. The molecule has 1 nitrogen and oxygen atoms in total. The van der Waals surface area contributed by atoms with Gasteiger partial charge in [0.2, 0.25) is 0 Å². The molecule has 0 radical (unpaired) electrons. The minimum Gasteiger partial charge on any atom is -0.192 e. The van der Waals surface area contributed by atoms with Gasteiger partial charge in [0.25, 0.3) is 0 Å². The van der Waals surface area contributed by atoms with E-state index in [1.807, 2.05) is 12.1 Å². The number of benzene rings is 2. The number of aryl methyl sites for hydroxylation is 1. The van der Waals surface area contributed by atoms with Crippen molar-refractivity contribution in [1.82, 2.24) is 0 Å². The molecule has 3 aromatic rings. The van der Waals surface area contributed by atoms with Gasteiger partial charge in [0.15, 0.2) is 0 Å². The van der Waals surface area contributed by atoms with Gasteiger partial charge < -0.3 is 0 Å². The molecular weight excluding hydrogens is 214 g/mol. The van der Waals surface area contributed by atoms with Crippen molar-refractivity contribution in [3.63, 3.8) is 0 Å². The molecule has 3 rings (SSSR count). The van der Waals surface area contributed by atoms with Gasteiger partial charge in [-0.1, -0.05) is 18.2 Å². The van der Waals surface area contributed by atoms with Gasteiger partial charge in [0, 0.05) is 20.2 Å². The van der Waals surface area contributed by atoms with Crippen molar-refractivity contribution in [2.45, 2.75) is 6.92 Å². The SMILES string of the molecule is Cc1cc(C#N)cc2sc3ccccc3c12. The molecule has 16 heavy (non-hydrogen) atoms. The molecule has 2 heteroatoms. The molecule has 0 saturated carbocycles. The Morgan fingerprint density at radius 1 is 1.12 bits per heavy atom. The van der Waals surface area contributed by atoms with Gasteiger partial charge in [-0.25, -0.2) is 0 Å². The number of thiophene rings is 1. The molecule has 1 heterocycles. The maximum Gasteiger partial charge on any atom is 0.0992 e. The highest BCUT2D eigenvalue weighted by molar-refractivity contribution is 7.25. The molecule has 1 aromatic heterocycles. The summed E-state index contributed by atoms with van der Waals surface area (Å²) in [7, 11) is 0. The molecule has 0 aliphatic heterocycles. The topological polar surface area (TPSA) is 23.8 Å². The first-order chi connectivity index (χ1) is 7.79. The lowest BCUT2D eigenvalue weighted by atomic mass is 10.1. The van der Waals surface area contributed by atoms with Crippen LogP contribution in [0.25, 0.3) is 20.2 Å². The summed E-state index contributed by atoms with van der Waals surface area (Å²) in [5, 5.41) is 11.5. The highest BCUT2D eigenvalue weighted by Crippen LogP contribution is 2.36. The van der Waals surface area contributed by atoms with Gasteiger partial charge in [-0.05, 0) is 30.7 Å². The van der Waals surface area contributed by atoms with Gasteiger partial charge in [-0.3, -0.25) is 0 Å². The van der Waals surface area contributed by atoms with E-state index in [0.29, 0.717) is 0 Å². The summed E-state index contributed by atoms with van der Waals surface area (Å²) in [5.41, 5.74) is 1.93. The van der Waals surface area contributed by atoms with Crippen molar-refractivity contribution < 1.29 is 0 Å². The van der Waals surface area contributed by atoms with Crippen LogP contribution >= 0.6 is 11.3 Å². The molecular formula is C14H9NS. The Hall–Kier alpha value is -1.85. The smallest absolute Gasteiger partial charge is 0.0992 e.